The van der Waals surface area contributed by atoms with E-state index < -0.39 is 0 Å². The van der Waals surface area contributed by atoms with Gasteiger partial charge in [-0.25, -0.2) is 0 Å². The second-order valence-electron chi connectivity index (χ2n) is 5.98. The summed E-state index contributed by atoms with van der Waals surface area (Å²) in [7, 11) is 0. The number of benzene rings is 1. The number of nitrogens with one attached hydrogen (secondary N) is 1. The predicted octanol–water partition coefficient (Wildman–Crippen LogP) is 3.95. The van der Waals surface area contributed by atoms with E-state index in [0.29, 0.717) is 11.3 Å². The third-order valence-electron chi connectivity index (χ3n) is 5.04. The van der Waals surface area contributed by atoms with Crippen LogP contribution in [0.5, 0.6) is 0 Å². The highest BCUT2D eigenvalue weighted by Crippen LogP contribution is 2.60. The molecule has 0 amide bonds. The first kappa shape index (κ1) is 10.2. The molecule has 3 rings (SSSR count). The summed E-state index contributed by atoms with van der Waals surface area (Å²) in [5, 5.41) is 3.79. The van der Waals surface area contributed by atoms with Crippen LogP contribution < -0.4 is 5.32 Å². The van der Waals surface area contributed by atoms with Crippen LogP contribution in [-0.2, 0) is 5.41 Å². The molecule has 0 unspecified atom stereocenters. The van der Waals surface area contributed by atoms with E-state index in [2.05, 4.69) is 50.4 Å². The van der Waals surface area contributed by atoms with Crippen molar-refractivity contribution in [3.8, 4) is 0 Å². The Morgan fingerprint density at radius 2 is 1.94 bits per heavy atom. The maximum absolute atomic E-state index is 3.79. The van der Waals surface area contributed by atoms with Gasteiger partial charge in [0, 0.05) is 16.6 Å². The van der Waals surface area contributed by atoms with E-state index in [1.165, 1.54) is 24.9 Å². The topological polar surface area (TPSA) is 12.0 Å². The Bertz CT molecular complexity index is 423. The molecule has 1 fully saturated rings. The summed E-state index contributed by atoms with van der Waals surface area (Å²) in [5.74, 6) is 0.705. The van der Waals surface area contributed by atoms with Crippen molar-refractivity contribution in [1.29, 1.82) is 0 Å². The van der Waals surface area contributed by atoms with Crippen molar-refractivity contribution < 1.29 is 0 Å². The Labute approximate surface area is 98.3 Å². The van der Waals surface area contributed by atoms with Gasteiger partial charge in [0.1, 0.15) is 0 Å². The summed E-state index contributed by atoms with van der Waals surface area (Å²) >= 11 is 0. The Morgan fingerprint density at radius 3 is 2.69 bits per heavy atom. The first-order valence-electron chi connectivity index (χ1n) is 6.48. The molecule has 2 aliphatic rings. The molecule has 1 nitrogen and oxygen atoms in total. The van der Waals surface area contributed by atoms with Gasteiger partial charge in [0.15, 0.2) is 0 Å². The molecule has 1 heterocycles. The standard InChI is InChI=1S/C15H21N/c1-11(2)15-10-6-9-14(15,3)16-13-8-5-4-7-12(13)15/h4-5,7-8,11,16H,6,9-10H2,1-3H3/t14-,15+/m1/s1. The maximum atomic E-state index is 3.79. The smallest absolute Gasteiger partial charge is 0.0445 e. The lowest BCUT2D eigenvalue weighted by molar-refractivity contribution is 0.239. The van der Waals surface area contributed by atoms with E-state index in [-0.39, 0.29) is 5.54 Å². The van der Waals surface area contributed by atoms with E-state index in [1.54, 1.807) is 5.56 Å². The van der Waals surface area contributed by atoms with E-state index in [4.69, 9.17) is 0 Å². The molecule has 1 aromatic carbocycles. The van der Waals surface area contributed by atoms with Crippen molar-refractivity contribution in [2.45, 2.75) is 51.0 Å². The van der Waals surface area contributed by atoms with Crippen LogP contribution in [-0.4, -0.2) is 5.54 Å². The maximum Gasteiger partial charge on any atom is 0.0445 e. The van der Waals surface area contributed by atoms with Gasteiger partial charge in [-0.15, -0.1) is 0 Å². The number of rotatable bonds is 1. The lowest BCUT2D eigenvalue weighted by atomic mass is 9.64. The minimum Gasteiger partial charge on any atom is -0.379 e. The summed E-state index contributed by atoms with van der Waals surface area (Å²) < 4.78 is 0. The molecular formula is C15H21N. The molecule has 0 bridgehead atoms. The molecule has 0 saturated heterocycles. The van der Waals surface area contributed by atoms with Gasteiger partial charge in [-0.2, -0.15) is 0 Å². The van der Waals surface area contributed by atoms with E-state index in [1.807, 2.05) is 0 Å². The molecule has 2 atom stereocenters. The fourth-order valence-electron chi connectivity index (χ4n) is 4.34. The van der Waals surface area contributed by atoms with E-state index >= 15 is 0 Å². The minimum atomic E-state index is 0.283. The molecule has 1 heteroatoms. The Balaban J connectivity index is 2.24. The van der Waals surface area contributed by atoms with E-state index in [0.717, 1.165) is 0 Å². The van der Waals surface area contributed by atoms with Crippen LogP contribution in [0, 0.1) is 5.92 Å². The molecule has 1 aromatic rings. The zero-order chi connectivity index (χ0) is 11.4. The minimum absolute atomic E-state index is 0.283. The highest BCUT2D eigenvalue weighted by Gasteiger charge is 2.58. The number of fused-ring (bicyclic) bond motifs is 3. The van der Waals surface area contributed by atoms with Crippen LogP contribution in [0.2, 0.25) is 0 Å². The Hall–Kier alpha value is -0.980. The second-order valence-corrected chi connectivity index (χ2v) is 5.98. The summed E-state index contributed by atoms with van der Waals surface area (Å²) in [5.41, 5.74) is 3.58. The zero-order valence-corrected chi connectivity index (χ0v) is 10.5. The molecule has 0 radical (unpaired) electrons. The highest BCUT2D eigenvalue weighted by atomic mass is 15.1. The lowest BCUT2D eigenvalue weighted by Crippen LogP contribution is -2.48. The average Bonchev–Trinajstić information content (AvgIpc) is 2.67. The molecule has 1 saturated carbocycles. The monoisotopic (exact) mass is 215 g/mol. The second kappa shape index (κ2) is 3.03. The summed E-state index contributed by atoms with van der Waals surface area (Å²) in [6, 6.07) is 8.90. The quantitative estimate of drug-likeness (QED) is 0.748. The zero-order valence-electron chi connectivity index (χ0n) is 10.5. The van der Waals surface area contributed by atoms with Crippen molar-refractivity contribution in [3.63, 3.8) is 0 Å². The van der Waals surface area contributed by atoms with Gasteiger partial charge in [0.05, 0.1) is 0 Å². The molecular weight excluding hydrogens is 194 g/mol. The molecule has 16 heavy (non-hydrogen) atoms. The average molecular weight is 215 g/mol. The van der Waals surface area contributed by atoms with Gasteiger partial charge >= 0.3 is 0 Å². The largest absolute Gasteiger partial charge is 0.379 e. The number of hydrogen-bond acceptors (Lipinski definition) is 1. The fourth-order valence-corrected chi connectivity index (χ4v) is 4.34. The molecule has 1 aliphatic carbocycles. The molecule has 1 aliphatic heterocycles. The van der Waals surface area contributed by atoms with Crippen molar-refractivity contribution >= 4 is 5.69 Å². The third-order valence-corrected chi connectivity index (χ3v) is 5.04. The summed E-state index contributed by atoms with van der Waals surface area (Å²) in [6.45, 7) is 7.18. The lowest BCUT2D eigenvalue weighted by Gasteiger charge is -2.42. The van der Waals surface area contributed by atoms with Crippen molar-refractivity contribution in [1.82, 2.24) is 0 Å². The van der Waals surface area contributed by atoms with Crippen LogP contribution in [0.3, 0.4) is 0 Å². The molecule has 0 aromatic heterocycles. The first-order chi connectivity index (χ1) is 7.60. The Morgan fingerprint density at radius 1 is 1.19 bits per heavy atom. The number of para-hydroxylation sites is 1. The van der Waals surface area contributed by atoms with Gasteiger partial charge in [-0.1, -0.05) is 38.5 Å². The van der Waals surface area contributed by atoms with Crippen molar-refractivity contribution in [2.75, 3.05) is 5.32 Å². The van der Waals surface area contributed by atoms with Crippen LogP contribution in [0.1, 0.15) is 45.6 Å². The van der Waals surface area contributed by atoms with Crippen LogP contribution >= 0.6 is 0 Å². The number of anilines is 1. The predicted molar refractivity (Wildman–Crippen MR) is 68.8 cm³/mol. The van der Waals surface area contributed by atoms with Gasteiger partial charge < -0.3 is 5.32 Å². The van der Waals surface area contributed by atoms with Gasteiger partial charge in [0.25, 0.3) is 0 Å². The van der Waals surface area contributed by atoms with Crippen molar-refractivity contribution in [2.24, 2.45) is 5.92 Å². The Kier molecular flexibility index (Phi) is 1.93. The van der Waals surface area contributed by atoms with E-state index in [9.17, 15) is 0 Å². The fraction of sp³-hybridized carbons (Fsp3) is 0.600. The molecule has 86 valence electrons. The highest BCUT2D eigenvalue weighted by molar-refractivity contribution is 5.65. The summed E-state index contributed by atoms with van der Waals surface area (Å²) in [4.78, 5) is 0. The van der Waals surface area contributed by atoms with Crippen molar-refractivity contribution in [3.05, 3.63) is 29.8 Å². The third kappa shape index (κ3) is 0.971. The normalized spacial score (nSPS) is 36.0. The van der Waals surface area contributed by atoms with Gasteiger partial charge in [0.2, 0.25) is 0 Å². The molecule has 0 spiro atoms. The number of hydrogen-bond donors (Lipinski definition) is 1. The van der Waals surface area contributed by atoms with Gasteiger partial charge in [-0.05, 0) is 37.3 Å². The summed E-state index contributed by atoms with van der Waals surface area (Å²) in [6.07, 6.45) is 4.00. The van der Waals surface area contributed by atoms with Crippen LogP contribution in [0.25, 0.3) is 0 Å². The van der Waals surface area contributed by atoms with Crippen LogP contribution in [0.4, 0.5) is 5.69 Å². The first-order valence-corrected chi connectivity index (χ1v) is 6.48. The van der Waals surface area contributed by atoms with Gasteiger partial charge in [-0.3, -0.25) is 0 Å². The van der Waals surface area contributed by atoms with Crippen LogP contribution in [0.15, 0.2) is 24.3 Å². The molecule has 1 N–H and O–H groups in total. The SMILES string of the molecule is CC(C)[C@]12CCC[C@@]1(C)Nc1ccccc12.